The molecule has 2 aliphatic heterocycles. The lowest BCUT2D eigenvalue weighted by Gasteiger charge is -2.48. The average Bonchev–Trinajstić information content (AvgIpc) is 2.76. The van der Waals surface area contributed by atoms with Crippen LogP contribution >= 0.6 is 0 Å². The predicted octanol–water partition coefficient (Wildman–Crippen LogP) is 0.823. The van der Waals surface area contributed by atoms with E-state index in [4.69, 9.17) is 23.7 Å². The molecule has 0 radical (unpaired) electrons. The van der Waals surface area contributed by atoms with Crippen LogP contribution in [0.25, 0.3) is 0 Å². The highest BCUT2D eigenvalue weighted by molar-refractivity contribution is 5.87. The first kappa shape index (κ1) is 28.7. The van der Waals surface area contributed by atoms with Crippen molar-refractivity contribution in [2.45, 2.75) is 96.5 Å². The molecule has 0 aromatic carbocycles. The Morgan fingerprint density at radius 2 is 1.68 bits per heavy atom. The molecule has 0 saturated carbocycles. The minimum atomic E-state index is -1.01. The van der Waals surface area contributed by atoms with Gasteiger partial charge in [-0.1, -0.05) is 0 Å². The van der Waals surface area contributed by atoms with E-state index in [-0.39, 0.29) is 17.8 Å². The lowest BCUT2D eigenvalue weighted by Crippen LogP contribution is -2.64. The largest absolute Gasteiger partial charge is 0.457 e. The Bertz CT molecular complexity index is 1050. The second-order valence-electron chi connectivity index (χ2n) is 9.54. The lowest BCUT2D eigenvalue weighted by molar-refractivity contribution is -0.313. The summed E-state index contributed by atoms with van der Waals surface area (Å²) in [6, 6.07) is 1.15. The number of rotatable bonds is 7. The summed E-state index contributed by atoms with van der Waals surface area (Å²) in [7, 11) is 3.65. The molecule has 1 aromatic rings. The molecule has 3 rings (SSSR count). The number of nitrogens with zero attached hydrogens (tertiary/aromatic N) is 3. The van der Waals surface area contributed by atoms with E-state index in [0.717, 1.165) is 0 Å². The van der Waals surface area contributed by atoms with Gasteiger partial charge < -0.3 is 33.9 Å². The molecule has 8 atom stereocenters. The van der Waals surface area contributed by atoms with Gasteiger partial charge in [0.1, 0.15) is 12.0 Å². The van der Waals surface area contributed by atoms with Gasteiger partial charge in [0.15, 0.2) is 18.5 Å². The second-order valence-corrected chi connectivity index (χ2v) is 9.54. The number of anilines is 1. The number of carbonyl (C=O) groups excluding carboxylic acids is 3. The van der Waals surface area contributed by atoms with Crippen LogP contribution in [0.1, 0.15) is 53.7 Å². The SMILES string of the molecule is CC(=O)Nc1ccn(C2CCC(OC3OC(C)C(N(C)C)C(OC(C)=O)C3OC(C)=O)C(C)O2)c(=O)n1. The molecular weight excluding hydrogens is 488 g/mol. The summed E-state index contributed by atoms with van der Waals surface area (Å²) in [5.41, 5.74) is -0.555. The molecule has 0 bridgehead atoms. The third kappa shape index (κ3) is 7.12. The molecule has 0 aliphatic carbocycles. The number of aromatic nitrogens is 2. The molecule has 1 aromatic heterocycles. The van der Waals surface area contributed by atoms with Crippen LogP contribution in [0, 0.1) is 0 Å². The van der Waals surface area contributed by atoms with E-state index < -0.39 is 60.7 Å². The first-order chi connectivity index (χ1) is 17.4. The van der Waals surface area contributed by atoms with Crippen LogP contribution in [0.2, 0.25) is 0 Å². The highest BCUT2D eigenvalue weighted by Crippen LogP contribution is 2.34. The first-order valence-electron chi connectivity index (χ1n) is 12.2. The molecular formula is C24H36N4O9. The van der Waals surface area contributed by atoms with Gasteiger partial charge in [-0.2, -0.15) is 4.98 Å². The Labute approximate surface area is 215 Å². The molecule has 0 spiro atoms. The minimum Gasteiger partial charge on any atom is -0.457 e. The quantitative estimate of drug-likeness (QED) is 0.506. The van der Waals surface area contributed by atoms with E-state index in [1.54, 1.807) is 6.92 Å². The second kappa shape index (κ2) is 12.1. The molecule has 3 heterocycles. The van der Waals surface area contributed by atoms with Crippen LogP contribution < -0.4 is 11.0 Å². The van der Waals surface area contributed by atoms with E-state index >= 15 is 0 Å². The predicted molar refractivity (Wildman–Crippen MR) is 129 cm³/mol. The zero-order valence-electron chi connectivity index (χ0n) is 22.2. The van der Waals surface area contributed by atoms with Gasteiger partial charge in [-0.3, -0.25) is 19.0 Å². The maximum absolute atomic E-state index is 12.5. The van der Waals surface area contributed by atoms with Crippen molar-refractivity contribution >= 4 is 23.7 Å². The Kier molecular flexibility index (Phi) is 9.40. The van der Waals surface area contributed by atoms with Gasteiger partial charge in [-0.15, -0.1) is 0 Å². The van der Waals surface area contributed by atoms with E-state index in [9.17, 15) is 19.2 Å². The molecule has 13 heteroatoms. The highest BCUT2D eigenvalue weighted by atomic mass is 16.7. The monoisotopic (exact) mass is 524 g/mol. The summed E-state index contributed by atoms with van der Waals surface area (Å²) in [4.78, 5) is 53.3. The summed E-state index contributed by atoms with van der Waals surface area (Å²) >= 11 is 0. The summed E-state index contributed by atoms with van der Waals surface area (Å²) in [6.45, 7) is 7.54. The Morgan fingerprint density at radius 3 is 2.22 bits per heavy atom. The van der Waals surface area contributed by atoms with Crippen LogP contribution in [-0.4, -0.2) is 89.2 Å². The summed E-state index contributed by atoms with van der Waals surface area (Å²) < 4.78 is 31.0. The van der Waals surface area contributed by atoms with Crippen LogP contribution in [0.5, 0.6) is 0 Å². The van der Waals surface area contributed by atoms with Crippen molar-refractivity contribution in [1.29, 1.82) is 0 Å². The Morgan fingerprint density at radius 1 is 1.03 bits per heavy atom. The standard InChI is InChI=1S/C24H36N4O9/c1-12-17(8-9-19(33-12)28-11-10-18(25-14(3)29)26-24(28)32)37-23-22(36-16(5)31)21(35-15(4)30)20(27(6)7)13(2)34-23/h10-13,17,19-23H,8-9H2,1-7H3,(H,25,26,29,32). The molecule has 2 saturated heterocycles. The van der Waals surface area contributed by atoms with Crippen LogP contribution in [-0.2, 0) is 38.1 Å². The number of hydrogen-bond acceptors (Lipinski definition) is 11. The van der Waals surface area contributed by atoms with E-state index in [0.29, 0.717) is 12.8 Å². The van der Waals surface area contributed by atoms with Crippen molar-refractivity contribution in [3.05, 3.63) is 22.7 Å². The molecule has 1 N–H and O–H groups in total. The highest BCUT2D eigenvalue weighted by Gasteiger charge is 2.51. The van der Waals surface area contributed by atoms with Gasteiger partial charge in [0.2, 0.25) is 5.91 Å². The molecule has 1 amide bonds. The van der Waals surface area contributed by atoms with Gasteiger partial charge in [-0.25, -0.2) is 4.79 Å². The van der Waals surface area contributed by atoms with Crippen molar-refractivity contribution in [2.75, 3.05) is 19.4 Å². The Balaban J connectivity index is 1.75. The van der Waals surface area contributed by atoms with E-state index in [2.05, 4.69) is 10.3 Å². The van der Waals surface area contributed by atoms with Crippen LogP contribution in [0.3, 0.4) is 0 Å². The number of esters is 2. The zero-order chi connectivity index (χ0) is 27.4. The molecule has 2 fully saturated rings. The maximum Gasteiger partial charge on any atom is 0.351 e. The number of nitrogens with one attached hydrogen (secondary N) is 1. The van der Waals surface area contributed by atoms with Gasteiger partial charge in [0, 0.05) is 27.0 Å². The third-order valence-corrected chi connectivity index (χ3v) is 6.31. The summed E-state index contributed by atoms with van der Waals surface area (Å²) in [6.07, 6.45) is -2.27. The van der Waals surface area contributed by atoms with Gasteiger partial charge in [-0.05, 0) is 46.9 Å². The molecule has 13 nitrogen and oxygen atoms in total. The van der Waals surface area contributed by atoms with Gasteiger partial charge in [0.05, 0.1) is 24.4 Å². The molecule has 2 aliphatic rings. The molecule has 206 valence electrons. The minimum absolute atomic E-state index is 0.164. The van der Waals surface area contributed by atoms with E-state index in [1.165, 1.54) is 37.6 Å². The number of hydrogen-bond donors (Lipinski definition) is 1. The average molecular weight is 525 g/mol. The zero-order valence-corrected chi connectivity index (χ0v) is 22.2. The van der Waals surface area contributed by atoms with Crippen molar-refractivity contribution in [2.24, 2.45) is 0 Å². The molecule has 37 heavy (non-hydrogen) atoms. The van der Waals surface area contributed by atoms with Crippen molar-refractivity contribution < 1.29 is 38.1 Å². The van der Waals surface area contributed by atoms with Crippen LogP contribution in [0.15, 0.2) is 17.1 Å². The topological polar surface area (TPSA) is 148 Å². The fourth-order valence-corrected chi connectivity index (χ4v) is 4.83. The normalized spacial score (nSPS) is 32.0. The van der Waals surface area contributed by atoms with Crippen LogP contribution in [0.4, 0.5) is 5.82 Å². The fraction of sp³-hybridized carbons (Fsp3) is 0.708. The smallest absolute Gasteiger partial charge is 0.351 e. The fourth-order valence-electron chi connectivity index (χ4n) is 4.83. The van der Waals surface area contributed by atoms with Gasteiger partial charge >= 0.3 is 17.6 Å². The third-order valence-electron chi connectivity index (χ3n) is 6.31. The first-order valence-corrected chi connectivity index (χ1v) is 12.2. The number of amides is 1. The number of carbonyl (C=O) groups is 3. The Hall–Kier alpha value is -2.87. The summed E-state index contributed by atoms with van der Waals surface area (Å²) in [5.74, 6) is -1.24. The number of likely N-dealkylation sites (N-methyl/N-ethyl adjacent to an activating group) is 1. The van der Waals surface area contributed by atoms with Crippen molar-refractivity contribution in [1.82, 2.24) is 14.5 Å². The van der Waals surface area contributed by atoms with Gasteiger partial charge in [0.25, 0.3) is 0 Å². The number of ether oxygens (including phenoxy) is 5. The summed E-state index contributed by atoms with van der Waals surface area (Å²) in [5, 5.41) is 2.48. The lowest BCUT2D eigenvalue weighted by atomic mass is 9.95. The van der Waals surface area contributed by atoms with E-state index in [1.807, 2.05) is 25.9 Å². The van der Waals surface area contributed by atoms with Crippen molar-refractivity contribution in [3.63, 3.8) is 0 Å². The van der Waals surface area contributed by atoms with Crippen molar-refractivity contribution in [3.8, 4) is 0 Å². The molecule has 8 unspecified atom stereocenters. The maximum atomic E-state index is 12.5.